The molecule has 56 heavy (non-hydrogen) atoms. The van der Waals surface area contributed by atoms with Crippen LogP contribution in [0.1, 0.15) is 47.9 Å². The van der Waals surface area contributed by atoms with Gasteiger partial charge in [0.2, 0.25) is 11.8 Å². The Balaban J connectivity index is 0.00000541. The number of amides is 4. The average molecular weight is 822 g/mol. The summed E-state index contributed by atoms with van der Waals surface area (Å²) in [6, 6.07) is 12.4. The van der Waals surface area contributed by atoms with Crippen molar-refractivity contribution < 1.29 is 47.7 Å². The molecule has 0 spiro atoms. The maximum atomic E-state index is 13.1. The van der Waals surface area contributed by atoms with Gasteiger partial charge >= 0.3 is 24.1 Å². The standard InChI is InChI=1S/C38H48N6O10.2ClH/c1-51-35(47)31-19-29(23-43(31)33(45)13-11-25-7-5-9-27(17-25)21-39)41-37(49)53-15-3-4-16-54-38(50)42-30-20-32(36(48)52-2)44(24-30)34(46)14-12-26-8-6-10-28(18-26)22-40;;/h5-10,17-18,29-32H,11-16,19-24,39-40H2,1-2H3,(H,41,49)(H,42,50);2*1H. The van der Waals surface area contributed by atoms with Crippen LogP contribution in [0.3, 0.4) is 0 Å². The van der Waals surface area contributed by atoms with Crippen molar-refractivity contribution in [2.45, 2.75) is 75.8 Å². The summed E-state index contributed by atoms with van der Waals surface area (Å²) in [5.41, 5.74) is 15.2. The van der Waals surface area contributed by atoms with Gasteiger partial charge in [-0.15, -0.1) is 24.8 Å². The van der Waals surface area contributed by atoms with Gasteiger partial charge in [-0.3, -0.25) is 9.59 Å². The highest BCUT2D eigenvalue weighted by Gasteiger charge is 2.42. The van der Waals surface area contributed by atoms with E-state index in [4.69, 9.17) is 30.4 Å². The maximum absolute atomic E-state index is 13.1. The molecule has 4 unspecified atom stereocenters. The van der Waals surface area contributed by atoms with Gasteiger partial charge in [-0.2, -0.15) is 0 Å². The molecule has 2 fully saturated rings. The Kier molecular flexibility index (Phi) is 20.0. The first-order valence-corrected chi connectivity index (χ1v) is 17.7. The van der Waals surface area contributed by atoms with E-state index in [-0.39, 0.29) is 88.6 Å². The molecule has 2 aromatic rings. The first-order chi connectivity index (χ1) is 26.0. The molecule has 4 rings (SSSR count). The lowest BCUT2D eigenvalue weighted by molar-refractivity contribution is -0.151. The van der Waals surface area contributed by atoms with Crippen LogP contribution in [-0.2, 0) is 64.1 Å². The minimum Gasteiger partial charge on any atom is -0.467 e. The third-order valence-electron chi connectivity index (χ3n) is 9.22. The molecule has 0 bridgehead atoms. The number of halogens is 2. The number of hydrogen-bond donors (Lipinski definition) is 4. The second kappa shape index (κ2) is 23.8. The van der Waals surface area contributed by atoms with Gasteiger partial charge in [-0.25, -0.2) is 19.2 Å². The Bertz CT molecular complexity index is 1620. The molecule has 0 radical (unpaired) electrons. The molecule has 2 aromatic carbocycles. The minimum absolute atomic E-state index is 0. The zero-order valence-corrected chi connectivity index (χ0v) is 33.0. The molecule has 4 amide bonds. The molecular weight excluding hydrogens is 771 g/mol. The number of carbonyl (C=O) groups is 6. The van der Waals surface area contributed by atoms with Gasteiger partial charge in [0.05, 0.1) is 26.3 Å². The lowest BCUT2D eigenvalue weighted by Crippen LogP contribution is -2.42. The molecule has 16 nitrogen and oxygen atoms in total. The molecule has 4 atom stereocenters. The Labute approximate surface area is 338 Å². The van der Waals surface area contributed by atoms with Crippen molar-refractivity contribution >= 4 is 60.8 Å². The molecule has 6 N–H and O–H groups in total. The number of alkyl carbamates (subject to hydrolysis) is 2. The SMILES string of the molecule is COC(=O)C1CC(NC(=O)OCC#CCOC(=O)NC2CC(C(=O)OC)N(C(=O)CCc3cccc(CN)c3)C2)CN1C(=O)CCc1cccc(CN)c1.Cl.Cl. The van der Waals surface area contributed by atoms with E-state index in [1.807, 2.05) is 48.5 Å². The highest BCUT2D eigenvalue weighted by molar-refractivity contribution is 5.87. The van der Waals surface area contributed by atoms with Gasteiger partial charge in [0.15, 0.2) is 13.2 Å². The summed E-state index contributed by atoms with van der Waals surface area (Å²) in [4.78, 5) is 78.8. The van der Waals surface area contributed by atoms with Crippen molar-refractivity contribution in [3.63, 3.8) is 0 Å². The molecule has 18 heteroatoms. The summed E-state index contributed by atoms with van der Waals surface area (Å²) in [6.07, 6.45) is -0.0409. The van der Waals surface area contributed by atoms with Crippen molar-refractivity contribution in [1.82, 2.24) is 20.4 Å². The summed E-state index contributed by atoms with van der Waals surface area (Å²) in [7, 11) is 2.48. The molecule has 2 heterocycles. The number of likely N-dealkylation sites (tertiary alicyclic amines) is 2. The number of ether oxygens (including phenoxy) is 4. The van der Waals surface area contributed by atoms with E-state index in [1.165, 1.54) is 24.0 Å². The number of aryl methyl sites for hydroxylation is 2. The lowest BCUT2D eigenvalue weighted by Gasteiger charge is -2.22. The summed E-state index contributed by atoms with van der Waals surface area (Å²) in [5, 5.41) is 5.31. The summed E-state index contributed by atoms with van der Waals surface area (Å²) in [6.45, 7) is 0.345. The number of methoxy groups -OCH3 is 2. The van der Waals surface area contributed by atoms with Crippen LogP contribution in [0.2, 0.25) is 0 Å². The van der Waals surface area contributed by atoms with E-state index in [0.29, 0.717) is 25.9 Å². The molecule has 0 aromatic heterocycles. The summed E-state index contributed by atoms with van der Waals surface area (Å²) >= 11 is 0. The van der Waals surface area contributed by atoms with Crippen LogP contribution in [0, 0.1) is 11.8 Å². The monoisotopic (exact) mass is 820 g/mol. The minimum atomic E-state index is -0.851. The van der Waals surface area contributed by atoms with E-state index >= 15 is 0 Å². The second-order valence-corrected chi connectivity index (χ2v) is 12.9. The van der Waals surface area contributed by atoms with Gasteiger partial charge < -0.3 is 50.8 Å². The number of esters is 2. The first kappa shape index (κ1) is 47.1. The van der Waals surface area contributed by atoms with Crippen molar-refractivity contribution in [2.75, 3.05) is 40.5 Å². The van der Waals surface area contributed by atoms with Crippen LogP contribution >= 0.6 is 24.8 Å². The number of benzene rings is 2. The Morgan fingerprint density at radius 1 is 0.661 bits per heavy atom. The second-order valence-electron chi connectivity index (χ2n) is 12.9. The van der Waals surface area contributed by atoms with Crippen molar-refractivity contribution in [3.8, 4) is 11.8 Å². The molecular formula is C38H50Cl2N6O10. The van der Waals surface area contributed by atoms with Gasteiger partial charge in [0.25, 0.3) is 0 Å². The topological polar surface area (TPSA) is 222 Å². The average Bonchev–Trinajstić information content (AvgIpc) is 3.81. The van der Waals surface area contributed by atoms with E-state index in [1.54, 1.807) is 0 Å². The molecule has 0 saturated carbocycles. The van der Waals surface area contributed by atoms with Gasteiger partial charge in [-0.05, 0) is 35.1 Å². The number of nitrogens with one attached hydrogen (secondary N) is 2. The first-order valence-electron chi connectivity index (χ1n) is 17.7. The zero-order chi connectivity index (χ0) is 39.0. The smallest absolute Gasteiger partial charge is 0.408 e. The van der Waals surface area contributed by atoms with Crippen LogP contribution in [0.5, 0.6) is 0 Å². The van der Waals surface area contributed by atoms with Crippen LogP contribution in [0.4, 0.5) is 9.59 Å². The largest absolute Gasteiger partial charge is 0.467 e. The fourth-order valence-corrected chi connectivity index (χ4v) is 6.49. The van der Waals surface area contributed by atoms with Crippen LogP contribution in [-0.4, -0.2) is 110 Å². The Hall–Kier alpha value is -5.08. The van der Waals surface area contributed by atoms with Gasteiger partial charge in [0.1, 0.15) is 12.1 Å². The number of carbonyl (C=O) groups excluding carboxylic acids is 6. The van der Waals surface area contributed by atoms with E-state index in [0.717, 1.165) is 22.3 Å². The predicted molar refractivity (Wildman–Crippen MR) is 208 cm³/mol. The van der Waals surface area contributed by atoms with Crippen LogP contribution < -0.4 is 22.1 Å². The fourth-order valence-electron chi connectivity index (χ4n) is 6.49. The van der Waals surface area contributed by atoms with Crippen LogP contribution in [0.25, 0.3) is 0 Å². The van der Waals surface area contributed by atoms with Gasteiger partial charge in [-0.1, -0.05) is 60.4 Å². The molecule has 2 aliphatic heterocycles. The number of hydrogen-bond acceptors (Lipinski definition) is 12. The normalized spacial score (nSPS) is 18.2. The molecule has 2 saturated heterocycles. The highest BCUT2D eigenvalue weighted by Crippen LogP contribution is 2.23. The quantitative estimate of drug-likeness (QED) is 0.122. The fraction of sp³-hybridized carbons (Fsp3) is 0.474. The van der Waals surface area contributed by atoms with Crippen molar-refractivity contribution in [1.29, 1.82) is 0 Å². The van der Waals surface area contributed by atoms with E-state index < -0.39 is 48.3 Å². The van der Waals surface area contributed by atoms with Crippen molar-refractivity contribution in [2.24, 2.45) is 11.5 Å². The predicted octanol–water partition coefficient (Wildman–Crippen LogP) is 1.75. The number of nitrogens with two attached hydrogens (primary N) is 2. The molecule has 0 aliphatic carbocycles. The number of rotatable bonds is 14. The van der Waals surface area contributed by atoms with E-state index in [9.17, 15) is 28.8 Å². The Morgan fingerprint density at radius 2 is 1.04 bits per heavy atom. The van der Waals surface area contributed by atoms with Crippen molar-refractivity contribution in [3.05, 3.63) is 70.8 Å². The zero-order valence-electron chi connectivity index (χ0n) is 31.4. The van der Waals surface area contributed by atoms with Gasteiger partial charge in [0, 0.05) is 51.9 Å². The van der Waals surface area contributed by atoms with Crippen LogP contribution in [0.15, 0.2) is 48.5 Å². The third kappa shape index (κ3) is 13.9. The Morgan fingerprint density at radius 3 is 1.39 bits per heavy atom. The summed E-state index contributed by atoms with van der Waals surface area (Å²) in [5.74, 6) is 3.49. The highest BCUT2D eigenvalue weighted by atomic mass is 35.5. The van der Waals surface area contributed by atoms with E-state index in [2.05, 4.69) is 22.5 Å². The lowest BCUT2D eigenvalue weighted by atomic mass is 10.1. The maximum Gasteiger partial charge on any atom is 0.408 e. The summed E-state index contributed by atoms with van der Waals surface area (Å²) < 4.78 is 20.0. The number of nitrogens with zero attached hydrogens (tertiary/aromatic N) is 2. The third-order valence-corrected chi connectivity index (χ3v) is 9.22. The molecule has 2 aliphatic rings. The molecule has 306 valence electrons.